The van der Waals surface area contributed by atoms with Crippen LogP contribution in [0.4, 0.5) is 0 Å². The Morgan fingerprint density at radius 2 is 1.88 bits per heavy atom. The molecular formula is C25H27N5O2S2. The minimum Gasteiger partial charge on any atom is -0.497 e. The van der Waals surface area contributed by atoms with Crippen molar-refractivity contribution in [2.45, 2.75) is 20.4 Å². The third-order valence-electron chi connectivity index (χ3n) is 6.00. The number of methoxy groups -OCH3 is 1. The summed E-state index contributed by atoms with van der Waals surface area (Å²) in [4.78, 5) is 28.6. The van der Waals surface area contributed by atoms with E-state index in [2.05, 4.69) is 32.8 Å². The van der Waals surface area contributed by atoms with Crippen LogP contribution in [0.15, 0.2) is 41.9 Å². The zero-order chi connectivity index (χ0) is 23.7. The van der Waals surface area contributed by atoms with Gasteiger partial charge in [0.05, 0.1) is 24.2 Å². The number of hydrogen-bond acceptors (Lipinski definition) is 7. The molecule has 176 valence electrons. The minimum absolute atomic E-state index is 0.0522. The molecule has 5 rings (SSSR count). The Kier molecular flexibility index (Phi) is 6.49. The van der Waals surface area contributed by atoms with Gasteiger partial charge in [-0.25, -0.2) is 9.97 Å². The van der Waals surface area contributed by atoms with Crippen LogP contribution >= 0.6 is 22.7 Å². The normalized spacial score (nSPS) is 15.0. The Hall–Kier alpha value is -3.01. The molecule has 0 N–H and O–H groups in total. The van der Waals surface area contributed by atoms with Crippen molar-refractivity contribution < 1.29 is 9.53 Å². The number of aromatic nitrogens is 3. The van der Waals surface area contributed by atoms with Crippen LogP contribution in [0.1, 0.15) is 22.0 Å². The van der Waals surface area contributed by atoms with Gasteiger partial charge in [-0.2, -0.15) is 0 Å². The SMILES string of the molecule is COc1ccc(-c2nc(CN3CCN(C(=O)/C=C/c4c(C)nc5sc(C)cn45)CC3)cs2)cc1. The summed E-state index contributed by atoms with van der Waals surface area (Å²) in [5.41, 5.74) is 4.09. The summed E-state index contributed by atoms with van der Waals surface area (Å²) < 4.78 is 7.29. The van der Waals surface area contributed by atoms with Gasteiger partial charge in [0.25, 0.3) is 0 Å². The van der Waals surface area contributed by atoms with Crippen molar-refractivity contribution in [3.63, 3.8) is 0 Å². The molecule has 0 atom stereocenters. The first-order valence-corrected chi connectivity index (χ1v) is 12.9. The standard InChI is InChI=1S/C25H27N5O2S2/c1-17-14-30-22(18(2)26-25(30)34-17)8-9-23(31)29-12-10-28(11-13-29)15-20-16-33-24(27-20)19-4-6-21(32-3)7-5-19/h4-9,14,16H,10-13,15H2,1-3H3/b9-8+. The Labute approximate surface area is 206 Å². The summed E-state index contributed by atoms with van der Waals surface area (Å²) in [6.45, 7) is 7.97. The van der Waals surface area contributed by atoms with E-state index in [-0.39, 0.29) is 5.91 Å². The Morgan fingerprint density at radius 3 is 2.62 bits per heavy atom. The van der Waals surface area contributed by atoms with Gasteiger partial charge in [0.2, 0.25) is 5.91 Å². The lowest BCUT2D eigenvalue weighted by Crippen LogP contribution is -2.47. The first kappa shape index (κ1) is 22.8. The number of amides is 1. The topological polar surface area (TPSA) is 63.0 Å². The second kappa shape index (κ2) is 9.69. The van der Waals surface area contributed by atoms with Crippen LogP contribution in [0.5, 0.6) is 5.75 Å². The Balaban J connectivity index is 1.15. The maximum atomic E-state index is 12.8. The van der Waals surface area contributed by atoms with E-state index in [9.17, 15) is 4.79 Å². The molecule has 3 aromatic heterocycles. The van der Waals surface area contributed by atoms with Crippen LogP contribution < -0.4 is 4.74 Å². The fraction of sp³-hybridized carbons (Fsp3) is 0.320. The van der Waals surface area contributed by atoms with Crippen molar-refractivity contribution in [3.8, 4) is 16.3 Å². The van der Waals surface area contributed by atoms with E-state index in [1.54, 1.807) is 35.9 Å². The van der Waals surface area contributed by atoms with Crippen molar-refractivity contribution in [1.29, 1.82) is 0 Å². The molecule has 0 saturated carbocycles. The number of carbonyl (C=O) groups is 1. The third-order valence-corrected chi connectivity index (χ3v) is 7.84. The number of fused-ring (bicyclic) bond motifs is 1. The average Bonchev–Trinajstić information content (AvgIpc) is 3.52. The number of benzene rings is 1. The largest absolute Gasteiger partial charge is 0.497 e. The maximum Gasteiger partial charge on any atom is 0.246 e. The van der Waals surface area contributed by atoms with Gasteiger partial charge in [0, 0.05) is 60.8 Å². The number of hydrogen-bond donors (Lipinski definition) is 0. The molecule has 4 heterocycles. The van der Waals surface area contributed by atoms with Crippen LogP contribution in [0.3, 0.4) is 0 Å². The lowest BCUT2D eigenvalue weighted by Gasteiger charge is -2.33. The van der Waals surface area contributed by atoms with Crippen molar-refractivity contribution in [2.24, 2.45) is 0 Å². The molecule has 1 fully saturated rings. The summed E-state index contributed by atoms with van der Waals surface area (Å²) in [6, 6.07) is 7.99. The monoisotopic (exact) mass is 493 g/mol. The summed E-state index contributed by atoms with van der Waals surface area (Å²) in [5.74, 6) is 0.898. The molecule has 1 saturated heterocycles. The molecule has 1 amide bonds. The number of aryl methyl sites for hydroxylation is 2. The molecule has 1 aliphatic rings. The molecule has 0 aliphatic carbocycles. The molecule has 1 aromatic carbocycles. The number of ether oxygens (including phenoxy) is 1. The van der Waals surface area contributed by atoms with Gasteiger partial charge in [-0.3, -0.25) is 14.1 Å². The van der Waals surface area contributed by atoms with E-state index < -0.39 is 0 Å². The Morgan fingerprint density at radius 1 is 1.12 bits per heavy atom. The van der Waals surface area contributed by atoms with Crippen LogP contribution in [-0.2, 0) is 11.3 Å². The summed E-state index contributed by atoms with van der Waals surface area (Å²) in [6.07, 6.45) is 5.65. The Bertz CT molecular complexity index is 1330. The molecule has 0 unspecified atom stereocenters. The fourth-order valence-electron chi connectivity index (χ4n) is 4.14. The summed E-state index contributed by atoms with van der Waals surface area (Å²) >= 11 is 3.32. The molecular weight excluding hydrogens is 466 g/mol. The number of thiazole rings is 2. The molecule has 1 aliphatic heterocycles. The van der Waals surface area contributed by atoms with Gasteiger partial charge in [0.15, 0.2) is 4.96 Å². The van der Waals surface area contributed by atoms with Crippen molar-refractivity contribution >= 4 is 39.6 Å². The summed E-state index contributed by atoms with van der Waals surface area (Å²) in [5, 5.41) is 3.14. The highest BCUT2D eigenvalue weighted by atomic mass is 32.1. The number of rotatable bonds is 6. The zero-order valence-corrected chi connectivity index (χ0v) is 21.2. The first-order chi connectivity index (χ1) is 16.5. The first-order valence-electron chi connectivity index (χ1n) is 11.2. The van der Waals surface area contributed by atoms with E-state index in [1.165, 1.54) is 4.88 Å². The van der Waals surface area contributed by atoms with E-state index in [1.807, 2.05) is 42.2 Å². The minimum atomic E-state index is 0.0522. The molecule has 0 radical (unpaired) electrons. The lowest BCUT2D eigenvalue weighted by molar-refractivity contribution is -0.127. The van der Waals surface area contributed by atoms with Crippen LogP contribution in [0.25, 0.3) is 21.6 Å². The smallest absolute Gasteiger partial charge is 0.246 e. The van der Waals surface area contributed by atoms with Crippen molar-refractivity contribution in [2.75, 3.05) is 33.3 Å². The average molecular weight is 494 g/mol. The number of imidazole rings is 1. The van der Waals surface area contributed by atoms with Gasteiger partial charge >= 0.3 is 0 Å². The molecule has 0 bridgehead atoms. The second-order valence-electron chi connectivity index (χ2n) is 8.38. The van der Waals surface area contributed by atoms with E-state index in [4.69, 9.17) is 9.72 Å². The van der Waals surface area contributed by atoms with Gasteiger partial charge in [-0.1, -0.05) is 0 Å². The van der Waals surface area contributed by atoms with Crippen molar-refractivity contribution in [3.05, 3.63) is 63.9 Å². The van der Waals surface area contributed by atoms with Crippen LogP contribution in [-0.4, -0.2) is 63.4 Å². The highest BCUT2D eigenvalue weighted by Gasteiger charge is 2.21. The summed E-state index contributed by atoms with van der Waals surface area (Å²) in [7, 11) is 1.67. The highest BCUT2D eigenvalue weighted by molar-refractivity contribution is 7.17. The van der Waals surface area contributed by atoms with E-state index in [0.29, 0.717) is 0 Å². The lowest BCUT2D eigenvalue weighted by atomic mass is 10.2. The van der Waals surface area contributed by atoms with Crippen LogP contribution in [0.2, 0.25) is 0 Å². The van der Waals surface area contributed by atoms with Crippen LogP contribution in [0, 0.1) is 13.8 Å². The number of nitrogens with zero attached hydrogens (tertiary/aromatic N) is 5. The highest BCUT2D eigenvalue weighted by Crippen LogP contribution is 2.26. The fourth-order valence-corrected chi connectivity index (χ4v) is 5.83. The predicted molar refractivity (Wildman–Crippen MR) is 138 cm³/mol. The van der Waals surface area contributed by atoms with E-state index in [0.717, 1.165) is 71.1 Å². The molecule has 34 heavy (non-hydrogen) atoms. The molecule has 4 aromatic rings. The van der Waals surface area contributed by atoms with Gasteiger partial charge in [-0.15, -0.1) is 22.7 Å². The van der Waals surface area contributed by atoms with Gasteiger partial charge in [-0.05, 0) is 44.2 Å². The van der Waals surface area contributed by atoms with Gasteiger partial charge < -0.3 is 9.64 Å². The maximum absolute atomic E-state index is 12.8. The predicted octanol–water partition coefficient (Wildman–Crippen LogP) is 4.50. The molecule has 7 nitrogen and oxygen atoms in total. The number of carbonyl (C=O) groups excluding carboxylic acids is 1. The second-order valence-corrected chi connectivity index (χ2v) is 10.5. The molecule has 9 heteroatoms. The van der Waals surface area contributed by atoms with Crippen molar-refractivity contribution in [1.82, 2.24) is 24.2 Å². The molecule has 0 spiro atoms. The third kappa shape index (κ3) is 4.77. The van der Waals surface area contributed by atoms with E-state index >= 15 is 0 Å². The quantitative estimate of drug-likeness (QED) is 0.370. The zero-order valence-electron chi connectivity index (χ0n) is 19.5. The number of piperazine rings is 1. The van der Waals surface area contributed by atoms with Gasteiger partial charge in [0.1, 0.15) is 10.8 Å².